The normalized spacial score (nSPS) is 13.3. The summed E-state index contributed by atoms with van der Waals surface area (Å²) in [5.74, 6) is -0.928. The molecule has 0 bridgehead atoms. The van der Waals surface area contributed by atoms with Gasteiger partial charge < -0.3 is 15.3 Å². The van der Waals surface area contributed by atoms with Crippen molar-refractivity contribution in [3.05, 3.63) is 23.8 Å². The Bertz CT molecular complexity index is 573. The summed E-state index contributed by atoms with van der Waals surface area (Å²) >= 11 is 1.43. The van der Waals surface area contributed by atoms with Gasteiger partial charge in [0.15, 0.2) is 0 Å². The van der Waals surface area contributed by atoms with Crippen molar-refractivity contribution in [2.24, 2.45) is 0 Å². The zero-order valence-electron chi connectivity index (χ0n) is 10.9. The number of hydrogen-bond acceptors (Lipinski definition) is 4. The van der Waals surface area contributed by atoms with Gasteiger partial charge in [0, 0.05) is 24.1 Å². The average molecular weight is 294 g/mol. The molecular weight excluding hydrogens is 280 g/mol. The zero-order chi connectivity index (χ0) is 14.7. The number of aliphatic carboxylic acids is 1. The summed E-state index contributed by atoms with van der Waals surface area (Å²) in [5.41, 5.74) is 1.06. The van der Waals surface area contributed by atoms with Crippen LogP contribution in [0.5, 0.6) is 0 Å². The molecule has 106 valence electrons. The van der Waals surface area contributed by atoms with Crippen LogP contribution in [0.4, 0.5) is 5.69 Å². The Morgan fingerprint density at radius 1 is 1.45 bits per heavy atom. The first kappa shape index (κ1) is 14.4. The minimum atomic E-state index is -0.946. The van der Waals surface area contributed by atoms with Crippen molar-refractivity contribution in [3.63, 3.8) is 0 Å². The van der Waals surface area contributed by atoms with Gasteiger partial charge in [0.05, 0.1) is 17.9 Å². The number of carbonyl (C=O) groups is 3. The van der Waals surface area contributed by atoms with Crippen LogP contribution in [-0.2, 0) is 9.59 Å². The van der Waals surface area contributed by atoms with Crippen LogP contribution in [0.1, 0.15) is 16.8 Å². The van der Waals surface area contributed by atoms with Crippen molar-refractivity contribution in [2.75, 3.05) is 24.7 Å². The van der Waals surface area contributed by atoms with Gasteiger partial charge in [-0.05, 0) is 18.2 Å². The third-order valence-corrected chi connectivity index (χ3v) is 3.94. The monoisotopic (exact) mass is 294 g/mol. The standard InChI is InChI=1S/C13H14N2O4S/c1-15(5-4-12(17)18)13(19)8-2-3-10-9(6-8)14-11(16)7-20-10/h2-3,6H,4-5,7H2,1H3,(H,14,16)(H,17,18). The number of carboxylic acid groups (broad SMARTS) is 1. The van der Waals surface area contributed by atoms with Gasteiger partial charge in [0.2, 0.25) is 5.91 Å². The number of thioether (sulfide) groups is 1. The Morgan fingerprint density at radius 3 is 2.90 bits per heavy atom. The molecule has 0 fully saturated rings. The summed E-state index contributed by atoms with van der Waals surface area (Å²) < 4.78 is 0. The molecule has 7 heteroatoms. The highest BCUT2D eigenvalue weighted by atomic mass is 32.2. The van der Waals surface area contributed by atoms with Gasteiger partial charge in [-0.3, -0.25) is 14.4 Å². The molecule has 0 aliphatic carbocycles. The molecule has 2 rings (SSSR count). The van der Waals surface area contributed by atoms with Crippen molar-refractivity contribution in [2.45, 2.75) is 11.3 Å². The number of anilines is 1. The third-order valence-electron chi connectivity index (χ3n) is 2.87. The molecule has 1 aliphatic heterocycles. The summed E-state index contributed by atoms with van der Waals surface area (Å²) in [6.45, 7) is 0.145. The van der Waals surface area contributed by atoms with E-state index in [2.05, 4.69) is 5.32 Å². The fraction of sp³-hybridized carbons (Fsp3) is 0.308. The van der Waals surface area contributed by atoms with Crippen LogP contribution in [-0.4, -0.2) is 47.1 Å². The van der Waals surface area contributed by atoms with Crippen LogP contribution in [0.3, 0.4) is 0 Å². The summed E-state index contributed by atoms with van der Waals surface area (Å²) in [7, 11) is 1.55. The zero-order valence-corrected chi connectivity index (χ0v) is 11.7. The van der Waals surface area contributed by atoms with Crippen molar-refractivity contribution in [1.29, 1.82) is 0 Å². The molecule has 1 aromatic carbocycles. The molecule has 0 aromatic heterocycles. The van der Waals surface area contributed by atoms with Crippen LogP contribution in [0, 0.1) is 0 Å². The second-order valence-corrected chi connectivity index (χ2v) is 5.44. The van der Waals surface area contributed by atoms with Crippen molar-refractivity contribution in [1.82, 2.24) is 4.90 Å². The van der Waals surface area contributed by atoms with E-state index in [1.807, 2.05) is 0 Å². The second kappa shape index (κ2) is 5.96. The highest BCUT2D eigenvalue weighted by Gasteiger charge is 2.19. The lowest BCUT2D eigenvalue weighted by Crippen LogP contribution is -2.29. The molecule has 0 spiro atoms. The number of carbonyl (C=O) groups excluding carboxylic acids is 2. The predicted molar refractivity (Wildman–Crippen MR) is 75.0 cm³/mol. The molecule has 1 heterocycles. The SMILES string of the molecule is CN(CCC(=O)O)C(=O)c1ccc2c(c1)NC(=O)CS2. The third kappa shape index (κ3) is 3.30. The lowest BCUT2D eigenvalue weighted by atomic mass is 10.1. The molecule has 20 heavy (non-hydrogen) atoms. The van der Waals surface area contributed by atoms with E-state index in [-0.39, 0.29) is 24.8 Å². The summed E-state index contributed by atoms with van der Waals surface area (Å²) in [4.78, 5) is 36.2. The maximum atomic E-state index is 12.1. The van der Waals surface area contributed by atoms with Gasteiger partial charge in [-0.15, -0.1) is 11.8 Å². The molecule has 2 N–H and O–H groups in total. The topological polar surface area (TPSA) is 86.7 Å². The van der Waals surface area contributed by atoms with E-state index in [9.17, 15) is 14.4 Å². The van der Waals surface area contributed by atoms with E-state index >= 15 is 0 Å². The quantitative estimate of drug-likeness (QED) is 0.873. The van der Waals surface area contributed by atoms with Gasteiger partial charge in [-0.1, -0.05) is 0 Å². The van der Waals surface area contributed by atoms with Crippen LogP contribution < -0.4 is 5.32 Å². The van der Waals surface area contributed by atoms with E-state index in [0.29, 0.717) is 17.0 Å². The Morgan fingerprint density at radius 2 is 2.20 bits per heavy atom. The molecule has 0 saturated heterocycles. The molecule has 0 unspecified atom stereocenters. The number of hydrogen-bond donors (Lipinski definition) is 2. The Kier molecular flexibility index (Phi) is 4.29. The fourth-order valence-corrected chi connectivity index (χ4v) is 2.59. The van der Waals surface area contributed by atoms with E-state index in [1.165, 1.54) is 16.7 Å². The number of fused-ring (bicyclic) bond motifs is 1. The molecule has 1 aliphatic rings. The summed E-state index contributed by atoms with van der Waals surface area (Å²) in [6, 6.07) is 5.10. The summed E-state index contributed by atoms with van der Waals surface area (Å²) in [6.07, 6.45) is -0.0975. The number of rotatable bonds is 4. The minimum Gasteiger partial charge on any atom is -0.481 e. The molecule has 0 saturated carbocycles. The van der Waals surface area contributed by atoms with E-state index < -0.39 is 5.97 Å². The smallest absolute Gasteiger partial charge is 0.305 e. The highest BCUT2D eigenvalue weighted by molar-refractivity contribution is 8.00. The Balaban J connectivity index is 2.12. The summed E-state index contributed by atoms with van der Waals surface area (Å²) in [5, 5.41) is 11.3. The molecule has 0 radical (unpaired) electrons. The lowest BCUT2D eigenvalue weighted by Gasteiger charge is -2.19. The molecule has 6 nitrogen and oxygen atoms in total. The average Bonchev–Trinajstić information content (AvgIpc) is 2.43. The van der Waals surface area contributed by atoms with Crippen molar-refractivity contribution in [3.8, 4) is 0 Å². The van der Waals surface area contributed by atoms with Gasteiger partial charge in [0.1, 0.15) is 0 Å². The number of benzene rings is 1. The predicted octanol–water partition coefficient (Wildman–Crippen LogP) is 1.28. The minimum absolute atomic E-state index is 0.0914. The van der Waals surface area contributed by atoms with Crippen LogP contribution in [0.2, 0.25) is 0 Å². The first-order chi connectivity index (χ1) is 9.47. The lowest BCUT2D eigenvalue weighted by molar-refractivity contribution is -0.137. The molecule has 1 aromatic rings. The largest absolute Gasteiger partial charge is 0.481 e. The number of nitrogens with zero attached hydrogens (tertiary/aromatic N) is 1. The number of carboxylic acids is 1. The van der Waals surface area contributed by atoms with E-state index in [4.69, 9.17) is 5.11 Å². The number of amides is 2. The fourth-order valence-electron chi connectivity index (χ4n) is 1.80. The van der Waals surface area contributed by atoms with Gasteiger partial charge >= 0.3 is 5.97 Å². The van der Waals surface area contributed by atoms with E-state index in [0.717, 1.165) is 4.90 Å². The van der Waals surface area contributed by atoms with Gasteiger partial charge in [-0.25, -0.2) is 0 Å². The molecule has 0 atom stereocenters. The van der Waals surface area contributed by atoms with E-state index in [1.54, 1.807) is 25.2 Å². The maximum absolute atomic E-state index is 12.1. The first-order valence-corrected chi connectivity index (χ1v) is 7.00. The Labute approximate surface area is 120 Å². The second-order valence-electron chi connectivity index (χ2n) is 4.42. The molecule has 2 amide bonds. The highest BCUT2D eigenvalue weighted by Crippen LogP contribution is 2.32. The van der Waals surface area contributed by atoms with Gasteiger partial charge in [0.25, 0.3) is 5.91 Å². The van der Waals surface area contributed by atoms with Crippen molar-refractivity contribution < 1.29 is 19.5 Å². The maximum Gasteiger partial charge on any atom is 0.305 e. The molecular formula is C13H14N2O4S. The Hall–Kier alpha value is -2.02. The van der Waals surface area contributed by atoms with Gasteiger partial charge in [-0.2, -0.15) is 0 Å². The first-order valence-electron chi connectivity index (χ1n) is 6.01. The van der Waals surface area contributed by atoms with Crippen molar-refractivity contribution >= 4 is 35.2 Å². The van der Waals surface area contributed by atoms with Crippen LogP contribution in [0.15, 0.2) is 23.1 Å². The van der Waals surface area contributed by atoms with Crippen LogP contribution >= 0.6 is 11.8 Å². The number of nitrogens with one attached hydrogen (secondary N) is 1. The van der Waals surface area contributed by atoms with Crippen LogP contribution in [0.25, 0.3) is 0 Å².